The van der Waals surface area contributed by atoms with Gasteiger partial charge in [-0.15, -0.1) is 0 Å². The zero-order chi connectivity index (χ0) is 18.1. The van der Waals surface area contributed by atoms with E-state index in [9.17, 15) is 9.18 Å². The minimum atomic E-state index is -0.496. The molecule has 1 aliphatic carbocycles. The summed E-state index contributed by atoms with van der Waals surface area (Å²) in [6, 6.07) is 14.2. The molecule has 0 spiro atoms. The van der Waals surface area contributed by atoms with Crippen molar-refractivity contribution in [2.24, 2.45) is 0 Å². The van der Waals surface area contributed by atoms with E-state index in [0.717, 1.165) is 10.9 Å². The Balaban J connectivity index is 1.59. The zero-order valence-electron chi connectivity index (χ0n) is 14.4. The number of aromatic amines is 1. The molecule has 0 unspecified atom stereocenters. The summed E-state index contributed by atoms with van der Waals surface area (Å²) >= 11 is 0. The maximum atomic E-state index is 13.6. The van der Waals surface area contributed by atoms with Crippen LogP contribution in [0.4, 0.5) is 4.39 Å². The Labute approximate surface area is 151 Å². The van der Waals surface area contributed by atoms with Crippen LogP contribution in [0.25, 0.3) is 10.9 Å². The number of Topliss-reactive ketones (excluding diaryl/α,β-unsaturated/α-hetero) is 1. The molecule has 0 bridgehead atoms. The van der Waals surface area contributed by atoms with Crippen molar-refractivity contribution >= 4 is 16.7 Å². The summed E-state index contributed by atoms with van der Waals surface area (Å²) in [7, 11) is 0. The van der Waals surface area contributed by atoms with E-state index in [-0.39, 0.29) is 17.8 Å². The number of halogens is 1. The molecule has 0 radical (unpaired) electrons. The molecular weight excluding hydrogens is 327 g/mol. The van der Waals surface area contributed by atoms with Crippen LogP contribution < -0.4 is 0 Å². The monoisotopic (exact) mass is 346 g/mol. The number of aromatic nitrogens is 1. The molecule has 1 heterocycles. The van der Waals surface area contributed by atoms with Crippen LogP contribution in [0.2, 0.25) is 0 Å². The second-order valence-corrected chi connectivity index (χ2v) is 7.07. The molecule has 130 valence electrons. The summed E-state index contributed by atoms with van der Waals surface area (Å²) in [5.41, 5.74) is 3.54. The predicted molar refractivity (Wildman–Crippen MR) is 98.7 cm³/mol. The normalized spacial score (nSPS) is 14.6. The first kappa shape index (κ1) is 16.5. The third-order valence-corrected chi connectivity index (χ3v) is 5.22. The van der Waals surface area contributed by atoms with Crippen LogP contribution in [0.3, 0.4) is 0 Å². The molecule has 3 nitrogen and oxygen atoms in total. The number of nitrogens with one attached hydrogen (secondary N) is 1. The highest BCUT2D eigenvalue weighted by Gasteiger charge is 2.18. The van der Waals surface area contributed by atoms with Crippen LogP contribution in [-0.2, 0) is 6.42 Å². The van der Waals surface area contributed by atoms with E-state index < -0.39 is 5.82 Å². The van der Waals surface area contributed by atoms with Crippen LogP contribution in [0.15, 0.2) is 42.5 Å². The first-order valence-electron chi connectivity index (χ1n) is 8.98. The van der Waals surface area contributed by atoms with Crippen molar-refractivity contribution in [1.29, 1.82) is 5.26 Å². The van der Waals surface area contributed by atoms with Crippen molar-refractivity contribution in [2.45, 2.75) is 38.0 Å². The molecule has 4 rings (SSSR count). The highest BCUT2D eigenvalue weighted by molar-refractivity contribution is 6.00. The molecular formula is C22H19FN2O. The number of fused-ring (bicyclic) bond motifs is 1. The number of carbonyl (C=O) groups is 1. The van der Waals surface area contributed by atoms with E-state index in [4.69, 9.17) is 5.26 Å². The molecule has 1 N–H and O–H groups in total. The number of ketones is 1. The van der Waals surface area contributed by atoms with E-state index in [2.05, 4.69) is 17.1 Å². The Morgan fingerprint density at radius 1 is 1.15 bits per heavy atom. The third-order valence-electron chi connectivity index (χ3n) is 5.22. The zero-order valence-corrected chi connectivity index (χ0v) is 14.4. The van der Waals surface area contributed by atoms with Gasteiger partial charge in [0.05, 0.1) is 17.3 Å². The number of rotatable bonds is 4. The fourth-order valence-electron chi connectivity index (χ4n) is 3.91. The number of hydrogen-bond acceptors (Lipinski definition) is 2. The van der Waals surface area contributed by atoms with Gasteiger partial charge in [0, 0.05) is 17.3 Å². The lowest BCUT2D eigenvalue weighted by Gasteiger charge is -2.08. The molecule has 1 aromatic heterocycles. The Morgan fingerprint density at radius 3 is 2.73 bits per heavy atom. The lowest BCUT2D eigenvalue weighted by Crippen LogP contribution is -2.04. The maximum absolute atomic E-state index is 13.6. The number of carbonyl (C=O) groups excluding carboxylic acids is 1. The van der Waals surface area contributed by atoms with Crippen molar-refractivity contribution < 1.29 is 9.18 Å². The minimum absolute atomic E-state index is 0.0642. The van der Waals surface area contributed by atoms with Crippen molar-refractivity contribution in [3.63, 3.8) is 0 Å². The van der Waals surface area contributed by atoms with E-state index >= 15 is 0 Å². The van der Waals surface area contributed by atoms with Gasteiger partial charge in [0.15, 0.2) is 5.78 Å². The predicted octanol–water partition coefficient (Wildman–Crippen LogP) is 5.26. The van der Waals surface area contributed by atoms with Crippen LogP contribution in [0, 0.1) is 17.1 Å². The molecule has 1 aliphatic rings. The Bertz CT molecular complexity index is 1020. The average molecular weight is 346 g/mol. The number of nitriles is 1. The SMILES string of the molecule is N#Cc1cc(F)cc(CC(=O)c2cc3cc(C4CCCC4)ccc3[nH]2)c1. The smallest absolute Gasteiger partial charge is 0.183 e. The summed E-state index contributed by atoms with van der Waals surface area (Å²) in [5.74, 6) is 0.0213. The van der Waals surface area contributed by atoms with Gasteiger partial charge in [-0.1, -0.05) is 18.9 Å². The highest BCUT2D eigenvalue weighted by atomic mass is 19.1. The van der Waals surface area contributed by atoms with Gasteiger partial charge in [-0.3, -0.25) is 4.79 Å². The van der Waals surface area contributed by atoms with Crippen molar-refractivity contribution in [2.75, 3.05) is 0 Å². The van der Waals surface area contributed by atoms with Gasteiger partial charge < -0.3 is 4.98 Å². The number of H-pyrrole nitrogens is 1. The maximum Gasteiger partial charge on any atom is 0.183 e. The van der Waals surface area contributed by atoms with Crippen LogP contribution >= 0.6 is 0 Å². The Morgan fingerprint density at radius 2 is 1.96 bits per heavy atom. The molecule has 0 amide bonds. The molecule has 3 aromatic rings. The summed E-state index contributed by atoms with van der Waals surface area (Å²) in [6.07, 6.45) is 5.12. The van der Waals surface area contributed by atoms with Gasteiger partial charge >= 0.3 is 0 Å². The first-order valence-corrected chi connectivity index (χ1v) is 8.98. The molecule has 0 aliphatic heterocycles. The average Bonchev–Trinajstić information content (AvgIpc) is 3.30. The van der Waals surface area contributed by atoms with Gasteiger partial charge in [0.1, 0.15) is 5.82 Å². The Kier molecular flexibility index (Phi) is 4.30. The van der Waals surface area contributed by atoms with E-state index in [0.29, 0.717) is 17.2 Å². The standard InChI is InChI=1S/C22H19FN2O/c23-19-8-14(7-15(9-19)13-24)10-22(26)21-12-18-11-17(5-6-20(18)25-21)16-3-1-2-4-16/h5-9,11-12,16,25H,1-4,10H2. The molecule has 1 fully saturated rings. The molecule has 2 aromatic carbocycles. The van der Waals surface area contributed by atoms with E-state index in [1.54, 1.807) is 6.07 Å². The number of benzene rings is 2. The summed E-state index contributed by atoms with van der Waals surface area (Å²) in [6.45, 7) is 0. The topological polar surface area (TPSA) is 56.6 Å². The van der Waals surface area contributed by atoms with Crippen molar-refractivity contribution in [1.82, 2.24) is 4.98 Å². The van der Waals surface area contributed by atoms with Gasteiger partial charge in [-0.05, 0) is 66.3 Å². The number of hydrogen-bond donors (Lipinski definition) is 1. The molecule has 26 heavy (non-hydrogen) atoms. The second-order valence-electron chi connectivity index (χ2n) is 7.07. The van der Waals surface area contributed by atoms with Gasteiger partial charge in [-0.25, -0.2) is 4.39 Å². The minimum Gasteiger partial charge on any atom is -0.352 e. The second kappa shape index (κ2) is 6.76. The lowest BCUT2D eigenvalue weighted by molar-refractivity contribution is 0.0989. The summed E-state index contributed by atoms with van der Waals surface area (Å²) in [4.78, 5) is 15.8. The Hall–Kier alpha value is -2.93. The summed E-state index contributed by atoms with van der Waals surface area (Å²) in [5, 5.41) is 9.98. The van der Waals surface area contributed by atoms with E-state index in [1.165, 1.54) is 43.4 Å². The largest absolute Gasteiger partial charge is 0.352 e. The van der Waals surface area contributed by atoms with Crippen molar-refractivity contribution in [3.05, 3.63) is 70.7 Å². The van der Waals surface area contributed by atoms with Gasteiger partial charge in [-0.2, -0.15) is 5.26 Å². The molecule has 0 saturated heterocycles. The molecule has 0 atom stereocenters. The van der Waals surface area contributed by atoms with Crippen molar-refractivity contribution in [3.8, 4) is 6.07 Å². The molecule has 1 saturated carbocycles. The van der Waals surface area contributed by atoms with Gasteiger partial charge in [0.25, 0.3) is 0 Å². The fraction of sp³-hybridized carbons (Fsp3) is 0.273. The van der Waals surface area contributed by atoms with Crippen LogP contribution in [0.5, 0.6) is 0 Å². The van der Waals surface area contributed by atoms with E-state index in [1.807, 2.05) is 18.2 Å². The number of nitrogens with zero attached hydrogens (tertiary/aromatic N) is 1. The lowest BCUT2D eigenvalue weighted by atomic mass is 9.96. The summed E-state index contributed by atoms with van der Waals surface area (Å²) < 4.78 is 13.6. The van der Waals surface area contributed by atoms with Crippen LogP contribution in [0.1, 0.15) is 58.8 Å². The highest BCUT2D eigenvalue weighted by Crippen LogP contribution is 2.35. The van der Waals surface area contributed by atoms with Crippen LogP contribution in [-0.4, -0.2) is 10.8 Å². The van der Waals surface area contributed by atoms with Gasteiger partial charge in [0.2, 0.25) is 0 Å². The third kappa shape index (κ3) is 3.25. The first-order chi connectivity index (χ1) is 12.6. The fourth-order valence-corrected chi connectivity index (χ4v) is 3.91. The molecule has 4 heteroatoms. The quantitative estimate of drug-likeness (QED) is 0.655.